The summed E-state index contributed by atoms with van der Waals surface area (Å²) in [6.07, 6.45) is 4.89. The van der Waals surface area contributed by atoms with Crippen molar-refractivity contribution >= 4 is 0 Å². The van der Waals surface area contributed by atoms with Crippen LogP contribution < -0.4 is 14.8 Å². The van der Waals surface area contributed by atoms with E-state index in [1.165, 1.54) is 24.8 Å². The smallest absolute Gasteiger partial charge is 0.161 e. The molecule has 0 aromatic heterocycles. The Hall–Kier alpha value is -1.22. The number of ether oxygens (including phenoxy) is 2. The Morgan fingerprint density at radius 3 is 2.61 bits per heavy atom. The molecule has 3 rings (SSSR count). The molecule has 0 spiro atoms. The van der Waals surface area contributed by atoms with Crippen LogP contribution in [0.5, 0.6) is 11.5 Å². The van der Waals surface area contributed by atoms with Crippen molar-refractivity contribution in [3.05, 3.63) is 23.8 Å². The summed E-state index contributed by atoms with van der Waals surface area (Å²) in [5.41, 5.74) is 1.62. The van der Waals surface area contributed by atoms with Gasteiger partial charge in [-0.1, -0.05) is 6.07 Å². The lowest BCUT2D eigenvalue weighted by molar-refractivity contribution is 0.206. The third kappa shape index (κ3) is 2.46. The van der Waals surface area contributed by atoms with Crippen LogP contribution in [-0.4, -0.2) is 18.8 Å². The molecule has 1 fully saturated rings. The molecule has 3 heteroatoms. The van der Waals surface area contributed by atoms with Gasteiger partial charge in [-0.15, -0.1) is 0 Å². The van der Waals surface area contributed by atoms with Crippen LogP contribution in [0.4, 0.5) is 0 Å². The van der Waals surface area contributed by atoms with Crippen molar-refractivity contribution in [2.24, 2.45) is 0 Å². The number of hydrogen-bond acceptors (Lipinski definition) is 3. The maximum atomic E-state index is 5.71. The molecule has 1 aliphatic heterocycles. The van der Waals surface area contributed by atoms with Crippen molar-refractivity contribution in [3.63, 3.8) is 0 Å². The molecular weight excluding hydrogens is 226 g/mol. The fraction of sp³-hybridized carbons (Fsp3) is 0.600. The maximum absolute atomic E-state index is 5.71. The Bertz CT molecular complexity index is 427. The molecule has 0 bridgehead atoms. The fourth-order valence-electron chi connectivity index (χ4n) is 2.52. The number of hydrogen-bond donors (Lipinski definition) is 1. The minimum atomic E-state index is 0.351. The summed E-state index contributed by atoms with van der Waals surface area (Å²) in [6.45, 7) is 4.72. The van der Waals surface area contributed by atoms with E-state index in [1.54, 1.807) is 0 Å². The van der Waals surface area contributed by atoms with E-state index >= 15 is 0 Å². The Labute approximate surface area is 108 Å². The Kier molecular flexibility index (Phi) is 3.16. The second kappa shape index (κ2) is 4.81. The summed E-state index contributed by atoms with van der Waals surface area (Å²) in [5.74, 6) is 1.77. The summed E-state index contributed by atoms with van der Waals surface area (Å²) in [7, 11) is 0. The van der Waals surface area contributed by atoms with Crippen LogP contribution in [-0.2, 0) is 6.54 Å². The van der Waals surface area contributed by atoms with Gasteiger partial charge in [0.25, 0.3) is 0 Å². The first-order valence-corrected chi connectivity index (χ1v) is 6.89. The standard InChI is InChI=1S/C15H21NO2/c1-15(6-2-7-15)16-11-12-4-5-13-14(10-12)18-9-3-8-17-13/h4-5,10,16H,2-3,6-9,11H2,1H3. The highest BCUT2D eigenvalue weighted by Gasteiger charge is 2.30. The summed E-state index contributed by atoms with van der Waals surface area (Å²) in [5, 5.41) is 3.64. The number of benzene rings is 1. The van der Waals surface area contributed by atoms with Crippen LogP contribution in [0.15, 0.2) is 18.2 Å². The van der Waals surface area contributed by atoms with E-state index in [4.69, 9.17) is 9.47 Å². The van der Waals surface area contributed by atoms with Gasteiger partial charge in [-0.25, -0.2) is 0 Å². The average Bonchev–Trinajstić information content (AvgIpc) is 2.58. The zero-order valence-electron chi connectivity index (χ0n) is 11.0. The predicted molar refractivity (Wildman–Crippen MR) is 71.1 cm³/mol. The van der Waals surface area contributed by atoms with Crippen LogP contribution in [0.3, 0.4) is 0 Å². The highest BCUT2D eigenvalue weighted by Crippen LogP contribution is 2.33. The zero-order chi connectivity index (χ0) is 12.4. The molecular formula is C15H21NO2. The van der Waals surface area contributed by atoms with Crippen LogP contribution in [0.1, 0.15) is 38.2 Å². The molecule has 1 aliphatic carbocycles. The SMILES string of the molecule is CC1(NCc2ccc3c(c2)OCCCO3)CCC1. The van der Waals surface area contributed by atoms with Gasteiger partial charge in [0.05, 0.1) is 13.2 Å². The molecule has 0 atom stereocenters. The second-order valence-electron chi connectivity index (χ2n) is 5.60. The molecule has 1 aromatic rings. The molecule has 0 radical (unpaired) electrons. The van der Waals surface area contributed by atoms with E-state index in [1.807, 2.05) is 6.07 Å². The number of fused-ring (bicyclic) bond motifs is 1. The predicted octanol–water partition coefficient (Wildman–Crippen LogP) is 2.88. The molecule has 0 saturated heterocycles. The highest BCUT2D eigenvalue weighted by molar-refractivity contribution is 5.43. The third-order valence-corrected chi connectivity index (χ3v) is 3.99. The van der Waals surface area contributed by atoms with Crippen molar-refractivity contribution in [1.82, 2.24) is 5.32 Å². The second-order valence-corrected chi connectivity index (χ2v) is 5.60. The first-order valence-electron chi connectivity index (χ1n) is 6.89. The molecule has 2 aliphatic rings. The molecule has 1 aromatic carbocycles. The Morgan fingerprint density at radius 2 is 1.89 bits per heavy atom. The molecule has 1 saturated carbocycles. The van der Waals surface area contributed by atoms with Gasteiger partial charge in [-0.2, -0.15) is 0 Å². The number of nitrogens with one attached hydrogen (secondary N) is 1. The van der Waals surface area contributed by atoms with Crippen molar-refractivity contribution < 1.29 is 9.47 Å². The van der Waals surface area contributed by atoms with Crippen LogP contribution in [0, 0.1) is 0 Å². The van der Waals surface area contributed by atoms with Gasteiger partial charge < -0.3 is 14.8 Å². The molecule has 18 heavy (non-hydrogen) atoms. The van der Waals surface area contributed by atoms with Gasteiger partial charge in [0.2, 0.25) is 0 Å². The summed E-state index contributed by atoms with van der Waals surface area (Å²) < 4.78 is 11.3. The highest BCUT2D eigenvalue weighted by atomic mass is 16.5. The minimum absolute atomic E-state index is 0.351. The lowest BCUT2D eigenvalue weighted by atomic mass is 9.78. The van der Waals surface area contributed by atoms with E-state index in [0.717, 1.165) is 37.7 Å². The zero-order valence-corrected chi connectivity index (χ0v) is 11.0. The quantitative estimate of drug-likeness (QED) is 0.891. The maximum Gasteiger partial charge on any atom is 0.161 e. The largest absolute Gasteiger partial charge is 0.490 e. The van der Waals surface area contributed by atoms with E-state index in [9.17, 15) is 0 Å². The summed E-state index contributed by atoms with van der Waals surface area (Å²) in [4.78, 5) is 0. The Morgan fingerprint density at radius 1 is 1.11 bits per heavy atom. The van der Waals surface area contributed by atoms with E-state index in [-0.39, 0.29) is 0 Å². The van der Waals surface area contributed by atoms with Crippen LogP contribution in [0.25, 0.3) is 0 Å². The third-order valence-electron chi connectivity index (χ3n) is 3.99. The van der Waals surface area contributed by atoms with Gasteiger partial charge in [0.15, 0.2) is 11.5 Å². The average molecular weight is 247 g/mol. The fourth-order valence-corrected chi connectivity index (χ4v) is 2.52. The lowest BCUT2D eigenvalue weighted by Crippen LogP contribution is -2.47. The molecule has 1 N–H and O–H groups in total. The molecule has 0 amide bonds. The molecule has 0 unspecified atom stereocenters. The molecule has 3 nitrogen and oxygen atoms in total. The van der Waals surface area contributed by atoms with E-state index in [0.29, 0.717) is 5.54 Å². The van der Waals surface area contributed by atoms with Crippen molar-refractivity contribution in [1.29, 1.82) is 0 Å². The van der Waals surface area contributed by atoms with E-state index in [2.05, 4.69) is 24.4 Å². The normalized spacial score (nSPS) is 20.9. The topological polar surface area (TPSA) is 30.5 Å². The van der Waals surface area contributed by atoms with E-state index < -0.39 is 0 Å². The Balaban J connectivity index is 1.67. The van der Waals surface area contributed by atoms with Crippen LogP contribution >= 0.6 is 0 Å². The summed E-state index contributed by atoms with van der Waals surface area (Å²) in [6, 6.07) is 6.26. The first kappa shape index (κ1) is 11.8. The summed E-state index contributed by atoms with van der Waals surface area (Å²) >= 11 is 0. The van der Waals surface area contributed by atoms with Gasteiger partial charge in [0.1, 0.15) is 0 Å². The monoisotopic (exact) mass is 247 g/mol. The van der Waals surface area contributed by atoms with Gasteiger partial charge >= 0.3 is 0 Å². The minimum Gasteiger partial charge on any atom is -0.490 e. The number of rotatable bonds is 3. The van der Waals surface area contributed by atoms with Gasteiger partial charge in [0, 0.05) is 18.5 Å². The van der Waals surface area contributed by atoms with Crippen molar-refractivity contribution in [2.45, 2.75) is 44.7 Å². The lowest BCUT2D eigenvalue weighted by Gasteiger charge is -2.39. The van der Waals surface area contributed by atoms with Crippen LogP contribution in [0.2, 0.25) is 0 Å². The molecule has 1 heterocycles. The van der Waals surface area contributed by atoms with Crippen molar-refractivity contribution in [2.75, 3.05) is 13.2 Å². The van der Waals surface area contributed by atoms with Gasteiger partial charge in [-0.3, -0.25) is 0 Å². The van der Waals surface area contributed by atoms with Gasteiger partial charge in [-0.05, 0) is 43.9 Å². The molecule has 98 valence electrons. The first-order chi connectivity index (χ1) is 8.75. The van der Waals surface area contributed by atoms with Crippen molar-refractivity contribution in [3.8, 4) is 11.5 Å².